The van der Waals surface area contributed by atoms with Gasteiger partial charge in [0.2, 0.25) is 0 Å². The van der Waals surface area contributed by atoms with Crippen molar-refractivity contribution in [3.8, 4) is 11.5 Å². The van der Waals surface area contributed by atoms with E-state index in [2.05, 4.69) is 36.1 Å². The van der Waals surface area contributed by atoms with E-state index in [0.29, 0.717) is 23.7 Å². The molecule has 0 heterocycles. The van der Waals surface area contributed by atoms with E-state index in [-0.39, 0.29) is 5.97 Å². The minimum atomic E-state index is -0.336. The normalized spacial score (nSPS) is 10.7. The van der Waals surface area contributed by atoms with Gasteiger partial charge in [0, 0.05) is 6.54 Å². The van der Waals surface area contributed by atoms with Crippen molar-refractivity contribution in [3.63, 3.8) is 0 Å². The summed E-state index contributed by atoms with van der Waals surface area (Å²) < 4.78 is 15.8. The summed E-state index contributed by atoms with van der Waals surface area (Å²) in [5.41, 5.74) is 1.83. The highest BCUT2D eigenvalue weighted by molar-refractivity contribution is 5.90. The summed E-state index contributed by atoms with van der Waals surface area (Å²) in [6.45, 7) is 5.69. The van der Waals surface area contributed by atoms with Gasteiger partial charge in [-0.15, -0.1) is 0 Å². The second kappa shape index (κ2) is 12.0. The van der Waals surface area contributed by atoms with Crippen molar-refractivity contribution in [1.82, 2.24) is 4.90 Å². The third-order valence-electron chi connectivity index (χ3n) is 4.73. The molecule has 0 fully saturated rings. The average molecular weight is 386 g/mol. The van der Waals surface area contributed by atoms with Gasteiger partial charge < -0.3 is 19.1 Å². The molecule has 0 atom stereocenters. The SMILES string of the molecule is CCN(CCCCOC(=O)c1ccc(OC)c(OC)c1)CCc1ccccc1. The van der Waals surface area contributed by atoms with E-state index in [9.17, 15) is 4.79 Å². The van der Waals surface area contributed by atoms with Crippen LogP contribution in [-0.2, 0) is 11.2 Å². The van der Waals surface area contributed by atoms with Crippen molar-refractivity contribution in [2.75, 3.05) is 40.5 Å². The van der Waals surface area contributed by atoms with Gasteiger partial charge in [0.25, 0.3) is 0 Å². The fourth-order valence-corrected chi connectivity index (χ4v) is 3.01. The highest BCUT2D eigenvalue weighted by atomic mass is 16.5. The predicted octanol–water partition coefficient (Wildman–Crippen LogP) is 4.21. The number of rotatable bonds is 12. The second-order valence-electron chi connectivity index (χ2n) is 6.58. The van der Waals surface area contributed by atoms with Gasteiger partial charge in [-0.25, -0.2) is 4.79 Å². The number of hydrogen-bond acceptors (Lipinski definition) is 5. The Morgan fingerprint density at radius 1 is 0.929 bits per heavy atom. The first-order valence-electron chi connectivity index (χ1n) is 9.83. The molecule has 28 heavy (non-hydrogen) atoms. The Balaban J connectivity index is 1.68. The third kappa shape index (κ3) is 6.89. The first-order chi connectivity index (χ1) is 13.7. The van der Waals surface area contributed by atoms with Gasteiger partial charge >= 0.3 is 5.97 Å². The Bertz CT molecular complexity index is 718. The molecule has 0 N–H and O–H groups in total. The van der Waals surface area contributed by atoms with Crippen LogP contribution >= 0.6 is 0 Å². The largest absolute Gasteiger partial charge is 0.493 e. The maximum atomic E-state index is 12.2. The summed E-state index contributed by atoms with van der Waals surface area (Å²) in [6.07, 6.45) is 2.91. The molecular formula is C23H31NO4. The minimum absolute atomic E-state index is 0.336. The summed E-state index contributed by atoms with van der Waals surface area (Å²) in [7, 11) is 3.11. The van der Waals surface area contributed by atoms with Gasteiger partial charge in [-0.05, 0) is 56.1 Å². The highest BCUT2D eigenvalue weighted by Crippen LogP contribution is 2.27. The van der Waals surface area contributed by atoms with Crippen LogP contribution in [0.15, 0.2) is 48.5 Å². The zero-order valence-electron chi connectivity index (χ0n) is 17.1. The lowest BCUT2D eigenvalue weighted by molar-refractivity contribution is 0.0495. The van der Waals surface area contributed by atoms with Crippen LogP contribution in [-0.4, -0.2) is 51.3 Å². The second-order valence-corrected chi connectivity index (χ2v) is 6.58. The van der Waals surface area contributed by atoms with Crippen molar-refractivity contribution >= 4 is 5.97 Å². The van der Waals surface area contributed by atoms with Crippen LogP contribution in [0.4, 0.5) is 0 Å². The molecule has 2 rings (SSSR count). The van der Waals surface area contributed by atoms with E-state index in [4.69, 9.17) is 14.2 Å². The summed E-state index contributed by atoms with van der Waals surface area (Å²) in [4.78, 5) is 14.6. The van der Waals surface area contributed by atoms with Gasteiger partial charge in [0.05, 0.1) is 26.4 Å². The summed E-state index contributed by atoms with van der Waals surface area (Å²) in [5, 5.41) is 0. The molecule has 0 spiro atoms. The number of carbonyl (C=O) groups is 1. The number of esters is 1. The molecule has 0 amide bonds. The molecule has 0 saturated carbocycles. The first kappa shape index (κ1) is 21.8. The summed E-state index contributed by atoms with van der Waals surface area (Å²) >= 11 is 0. The molecule has 0 radical (unpaired) electrons. The van der Waals surface area contributed by atoms with Crippen LogP contribution in [0.5, 0.6) is 11.5 Å². The summed E-state index contributed by atoms with van der Waals surface area (Å²) in [5.74, 6) is 0.778. The quantitative estimate of drug-likeness (QED) is 0.405. The van der Waals surface area contributed by atoms with Gasteiger partial charge in [-0.3, -0.25) is 0 Å². The van der Waals surface area contributed by atoms with Gasteiger partial charge in [-0.2, -0.15) is 0 Å². The lowest BCUT2D eigenvalue weighted by Gasteiger charge is -2.20. The number of carbonyl (C=O) groups excluding carboxylic acids is 1. The van der Waals surface area contributed by atoms with Crippen molar-refractivity contribution < 1.29 is 19.0 Å². The van der Waals surface area contributed by atoms with Crippen molar-refractivity contribution in [1.29, 1.82) is 0 Å². The molecule has 152 valence electrons. The van der Waals surface area contributed by atoms with Crippen molar-refractivity contribution in [2.24, 2.45) is 0 Å². The van der Waals surface area contributed by atoms with Crippen LogP contribution in [0.3, 0.4) is 0 Å². The standard InChI is InChI=1S/C23H31NO4/c1-4-24(16-14-19-10-6-5-7-11-19)15-8-9-17-28-23(25)20-12-13-21(26-2)22(18-20)27-3/h5-7,10-13,18H,4,8-9,14-17H2,1-3H3. The van der Waals surface area contributed by atoms with E-state index >= 15 is 0 Å². The molecule has 0 aliphatic rings. The van der Waals surface area contributed by atoms with Crippen molar-refractivity contribution in [3.05, 3.63) is 59.7 Å². The molecule has 0 unspecified atom stereocenters. The average Bonchev–Trinajstić information content (AvgIpc) is 2.75. The Kier molecular flexibility index (Phi) is 9.35. The van der Waals surface area contributed by atoms with Crippen LogP contribution in [0.2, 0.25) is 0 Å². The fourth-order valence-electron chi connectivity index (χ4n) is 3.01. The van der Waals surface area contributed by atoms with E-state index in [1.165, 1.54) is 5.56 Å². The zero-order chi connectivity index (χ0) is 20.2. The van der Waals surface area contributed by atoms with E-state index in [1.54, 1.807) is 32.4 Å². The molecule has 5 heteroatoms. The fraction of sp³-hybridized carbons (Fsp3) is 0.435. The van der Waals surface area contributed by atoms with E-state index in [1.807, 2.05) is 6.07 Å². The number of likely N-dealkylation sites (N-methyl/N-ethyl adjacent to an activating group) is 1. The van der Waals surface area contributed by atoms with Crippen molar-refractivity contribution in [2.45, 2.75) is 26.2 Å². The lowest BCUT2D eigenvalue weighted by atomic mass is 10.1. The molecule has 0 aliphatic carbocycles. The van der Waals surface area contributed by atoms with Crippen LogP contribution < -0.4 is 9.47 Å². The molecule has 0 saturated heterocycles. The lowest BCUT2D eigenvalue weighted by Crippen LogP contribution is -2.27. The number of hydrogen-bond donors (Lipinski definition) is 0. The number of unbranched alkanes of at least 4 members (excludes halogenated alkanes) is 1. The molecule has 5 nitrogen and oxygen atoms in total. The van der Waals surface area contributed by atoms with Gasteiger partial charge in [0.1, 0.15) is 0 Å². The minimum Gasteiger partial charge on any atom is -0.493 e. The summed E-state index contributed by atoms with van der Waals surface area (Å²) in [6, 6.07) is 15.6. The van der Waals surface area contributed by atoms with E-state index in [0.717, 1.165) is 38.9 Å². The molecule has 0 bridgehead atoms. The van der Waals surface area contributed by atoms with Gasteiger partial charge in [-0.1, -0.05) is 37.3 Å². The number of ether oxygens (including phenoxy) is 3. The van der Waals surface area contributed by atoms with Crippen LogP contribution in [0.1, 0.15) is 35.7 Å². The smallest absolute Gasteiger partial charge is 0.338 e. The Morgan fingerprint density at radius 3 is 2.36 bits per heavy atom. The zero-order valence-corrected chi connectivity index (χ0v) is 17.1. The maximum absolute atomic E-state index is 12.2. The van der Waals surface area contributed by atoms with E-state index < -0.39 is 0 Å². The molecule has 0 aliphatic heterocycles. The molecule has 0 aromatic heterocycles. The monoisotopic (exact) mass is 385 g/mol. The van der Waals surface area contributed by atoms with Gasteiger partial charge in [0.15, 0.2) is 11.5 Å². The molecular weight excluding hydrogens is 354 g/mol. The Labute approximate surface area is 168 Å². The topological polar surface area (TPSA) is 48.0 Å². The van der Waals surface area contributed by atoms with Crippen LogP contribution in [0.25, 0.3) is 0 Å². The first-order valence-corrected chi connectivity index (χ1v) is 9.83. The van der Waals surface area contributed by atoms with Crippen LogP contribution in [0, 0.1) is 0 Å². The Hall–Kier alpha value is -2.53. The number of methoxy groups -OCH3 is 2. The third-order valence-corrected chi connectivity index (χ3v) is 4.73. The predicted molar refractivity (Wildman–Crippen MR) is 111 cm³/mol. The number of benzene rings is 2. The highest BCUT2D eigenvalue weighted by Gasteiger charge is 2.12. The molecule has 2 aromatic rings. The number of nitrogens with zero attached hydrogens (tertiary/aromatic N) is 1. The molecule has 2 aromatic carbocycles. The maximum Gasteiger partial charge on any atom is 0.338 e. The Morgan fingerprint density at radius 2 is 1.68 bits per heavy atom.